The molecule has 0 amide bonds. The lowest BCUT2D eigenvalue weighted by molar-refractivity contribution is 0.577. The van der Waals surface area contributed by atoms with Crippen LogP contribution in [0.2, 0.25) is 0 Å². The molecule has 1 atom stereocenters. The van der Waals surface area contributed by atoms with Crippen LogP contribution in [0, 0.1) is 6.92 Å². The molecule has 0 bridgehead atoms. The van der Waals surface area contributed by atoms with Crippen molar-refractivity contribution in [3.05, 3.63) is 52.8 Å². The minimum atomic E-state index is 0.190. The molecule has 0 radical (unpaired) electrons. The van der Waals surface area contributed by atoms with E-state index in [1.165, 1.54) is 16.8 Å². The molecule has 0 spiro atoms. The summed E-state index contributed by atoms with van der Waals surface area (Å²) in [6.07, 6.45) is 3.93. The second-order valence-electron chi connectivity index (χ2n) is 5.60. The molecule has 0 aliphatic rings. The zero-order valence-electron chi connectivity index (χ0n) is 12.8. The van der Waals surface area contributed by atoms with E-state index in [9.17, 15) is 0 Å². The van der Waals surface area contributed by atoms with Gasteiger partial charge in [0, 0.05) is 25.2 Å². The van der Waals surface area contributed by atoms with E-state index in [1.807, 2.05) is 11.7 Å². The lowest BCUT2D eigenvalue weighted by atomic mass is 10.0. The van der Waals surface area contributed by atoms with Gasteiger partial charge in [0.25, 0.3) is 0 Å². The topological polar surface area (TPSA) is 43.8 Å². The fraction of sp³-hybridized carbons (Fsp3) is 0.471. The van der Waals surface area contributed by atoms with Crippen molar-refractivity contribution in [1.29, 1.82) is 0 Å². The fourth-order valence-corrected chi connectivity index (χ4v) is 2.53. The van der Waals surface area contributed by atoms with E-state index in [2.05, 4.69) is 49.3 Å². The van der Waals surface area contributed by atoms with Crippen LogP contribution in [0.3, 0.4) is 0 Å². The van der Waals surface area contributed by atoms with Gasteiger partial charge in [-0.05, 0) is 37.8 Å². The SMILES string of the molecule is CCc1cc(CC(N)CCc2cccc(C)c2)n(C)n1. The van der Waals surface area contributed by atoms with Gasteiger partial charge < -0.3 is 5.73 Å². The normalized spacial score (nSPS) is 12.6. The number of rotatable bonds is 6. The van der Waals surface area contributed by atoms with Crippen molar-refractivity contribution in [2.24, 2.45) is 12.8 Å². The standard InChI is InChI=1S/C17H25N3/c1-4-16-12-17(20(3)19-16)11-15(18)9-8-14-7-5-6-13(2)10-14/h5-7,10,12,15H,4,8-9,11,18H2,1-3H3. The Labute approximate surface area is 121 Å². The molecule has 0 aliphatic carbocycles. The molecule has 3 nitrogen and oxygen atoms in total. The molecule has 2 aromatic rings. The maximum atomic E-state index is 6.27. The monoisotopic (exact) mass is 271 g/mol. The van der Waals surface area contributed by atoms with Gasteiger partial charge in [0.05, 0.1) is 5.69 Å². The average Bonchev–Trinajstić information content (AvgIpc) is 2.77. The molecule has 2 rings (SSSR count). The van der Waals surface area contributed by atoms with Crippen LogP contribution in [0.15, 0.2) is 30.3 Å². The number of hydrogen-bond donors (Lipinski definition) is 1. The molecule has 0 aliphatic heterocycles. The molecule has 2 N–H and O–H groups in total. The van der Waals surface area contributed by atoms with Crippen LogP contribution in [0.25, 0.3) is 0 Å². The summed E-state index contributed by atoms with van der Waals surface area (Å²) in [5.41, 5.74) is 11.3. The Morgan fingerprint density at radius 2 is 2.10 bits per heavy atom. The molecule has 0 saturated carbocycles. The van der Waals surface area contributed by atoms with Crippen molar-refractivity contribution in [2.45, 2.75) is 45.6 Å². The highest BCUT2D eigenvalue weighted by molar-refractivity contribution is 5.22. The second-order valence-corrected chi connectivity index (χ2v) is 5.60. The summed E-state index contributed by atoms with van der Waals surface area (Å²) in [6, 6.07) is 11.0. The molecule has 108 valence electrons. The zero-order valence-corrected chi connectivity index (χ0v) is 12.8. The molecular formula is C17H25N3. The Bertz CT molecular complexity index is 557. The Morgan fingerprint density at radius 1 is 1.30 bits per heavy atom. The quantitative estimate of drug-likeness (QED) is 0.878. The van der Waals surface area contributed by atoms with Crippen LogP contribution in [0.4, 0.5) is 0 Å². The van der Waals surface area contributed by atoms with Gasteiger partial charge in [-0.3, -0.25) is 4.68 Å². The molecular weight excluding hydrogens is 246 g/mol. The van der Waals surface area contributed by atoms with Crippen molar-refractivity contribution in [1.82, 2.24) is 9.78 Å². The molecule has 0 fully saturated rings. The van der Waals surface area contributed by atoms with E-state index in [0.717, 1.165) is 31.4 Å². The van der Waals surface area contributed by atoms with Crippen molar-refractivity contribution >= 4 is 0 Å². The maximum absolute atomic E-state index is 6.27. The Kier molecular flexibility index (Phi) is 4.96. The van der Waals surface area contributed by atoms with E-state index in [0.29, 0.717) is 0 Å². The Balaban J connectivity index is 1.89. The highest BCUT2D eigenvalue weighted by Gasteiger charge is 2.09. The number of nitrogens with two attached hydrogens (primary N) is 1. The third-order valence-corrected chi connectivity index (χ3v) is 3.75. The number of hydrogen-bond acceptors (Lipinski definition) is 2. The smallest absolute Gasteiger partial charge is 0.0624 e. The zero-order chi connectivity index (χ0) is 14.5. The number of aromatic nitrogens is 2. The lowest BCUT2D eigenvalue weighted by Gasteiger charge is -2.12. The van der Waals surface area contributed by atoms with E-state index in [-0.39, 0.29) is 6.04 Å². The Morgan fingerprint density at radius 3 is 2.75 bits per heavy atom. The van der Waals surface area contributed by atoms with Gasteiger partial charge in [0.15, 0.2) is 0 Å². The van der Waals surface area contributed by atoms with E-state index in [1.54, 1.807) is 0 Å². The molecule has 1 unspecified atom stereocenters. The van der Waals surface area contributed by atoms with E-state index >= 15 is 0 Å². The summed E-state index contributed by atoms with van der Waals surface area (Å²) >= 11 is 0. The van der Waals surface area contributed by atoms with Crippen LogP contribution >= 0.6 is 0 Å². The van der Waals surface area contributed by atoms with E-state index in [4.69, 9.17) is 5.73 Å². The van der Waals surface area contributed by atoms with Gasteiger partial charge in [-0.25, -0.2) is 0 Å². The summed E-state index contributed by atoms with van der Waals surface area (Å²) in [7, 11) is 2.00. The lowest BCUT2D eigenvalue weighted by Crippen LogP contribution is -2.24. The van der Waals surface area contributed by atoms with Crippen molar-refractivity contribution < 1.29 is 0 Å². The number of aryl methyl sites for hydroxylation is 4. The van der Waals surface area contributed by atoms with Crippen molar-refractivity contribution in [3.8, 4) is 0 Å². The van der Waals surface area contributed by atoms with Crippen molar-refractivity contribution in [2.75, 3.05) is 0 Å². The maximum Gasteiger partial charge on any atom is 0.0624 e. The summed E-state index contributed by atoms with van der Waals surface area (Å²) in [6.45, 7) is 4.26. The third-order valence-electron chi connectivity index (χ3n) is 3.75. The molecule has 20 heavy (non-hydrogen) atoms. The first-order chi connectivity index (χ1) is 9.58. The summed E-state index contributed by atoms with van der Waals surface area (Å²) in [5.74, 6) is 0. The predicted octanol–water partition coefficient (Wildman–Crippen LogP) is 2.79. The fourth-order valence-electron chi connectivity index (χ4n) is 2.53. The number of benzene rings is 1. The molecule has 0 saturated heterocycles. The molecule has 1 aromatic carbocycles. The van der Waals surface area contributed by atoms with Crippen LogP contribution in [-0.4, -0.2) is 15.8 Å². The minimum Gasteiger partial charge on any atom is -0.327 e. The predicted molar refractivity (Wildman–Crippen MR) is 83.8 cm³/mol. The van der Waals surface area contributed by atoms with Crippen molar-refractivity contribution in [3.63, 3.8) is 0 Å². The van der Waals surface area contributed by atoms with Gasteiger partial charge in [-0.2, -0.15) is 5.10 Å². The molecule has 3 heteroatoms. The first-order valence-electron chi connectivity index (χ1n) is 7.41. The average molecular weight is 271 g/mol. The van der Waals surface area contributed by atoms with Crippen LogP contribution < -0.4 is 5.73 Å². The van der Waals surface area contributed by atoms with E-state index < -0.39 is 0 Å². The van der Waals surface area contributed by atoms with Crippen LogP contribution in [0.1, 0.15) is 35.9 Å². The second kappa shape index (κ2) is 6.71. The number of nitrogens with zero attached hydrogens (tertiary/aromatic N) is 2. The van der Waals surface area contributed by atoms with Gasteiger partial charge >= 0.3 is 0 Å². The first kappa shape index (κ1) is 14.8. The third kappa shape index (κ3) is 3.94. The highest BCUT2D eigenvalue weighted by atomic mass is 15.3. The van der Waals surface area contributed by atoms with Gasteiger partial charge in [-0.15, -0.1) is 0 Å². The van der Waals surface area contributed by atoms with Gasteiger partial charge in [-0.1, -0.05) is 36.8 Å². The summed E-state index contributed by atoms with van der Waals surface area (Å²) < 4.78 is 1.96. The summed E-state index contributed by atoms with van der Waals surface area (Å²) in [4.78, 5) is 0. The van der Waals surface area contributed by atoms with Gasteiger partial charge in [0.1, 0.15) is 0 Å². The van der Waals surface area contributed by atoms with Crippen LogP contribution in [-0.2, 0) is 26.3 Å². The van der Waals surface area contributed by atoms with Crippen LogP contribution in [0.5, 0.6) is 0 Å². The first-order valence-corrected chi connectivity index (χ1v) is 7.41. The Hall–Kier alpha value is -1.61. The summed E-state index contributed by atoms with van der Waals surface area (Å²) in [5, 5.41) is 4.47. The van der Waals surface area contributed by atoms with Gasteiger partial charge in [0.2, 0.25) is 0 Å². The molecule has 1 heterocycles. The minimum absolute atomic E-state index is 0.190. The largest absolute Gasteiger partial charge is 0.327 e. The highest BCUT2D eigenvalue weighted by Crippen LogP contribution is 2.11. The molecule has 1 aromatic heterocycles.